The van der Waals surface area contributed by atoms with Gasteiger partial charge in [0.1, 0.15) is 5.01 Å². The van der Waals surface area contributed by atoms with Crippen LogP contribution in [0.1, 0.15) is 11.1 Å². The van der Waals surface area contributed by atoms with Crippen LogP contribution in [-0.4, -0.2) is 10.9 Å². The molecule has 5 aromatic rings. The number of nitrogens with one attached hydrogen (secondary N) is 1. The summed E-state index contributed by atoms with van der Waals surface area (Å²) in [6.07, 6.45) is 0.351. The van der Waals surface area contributed by atoms with Crippen molar-refractivity contribution in [3.63, 3.8) is 0 Å². The monoisotopic (exact) mass is 408 g/mol. The summed E-state index contributed by atoms with van der Waals surface area (Å²) in [6.45, 7) is 2.09. The van der Waals surface area contributed by atoms with E-state index in [0.717, 1.165) is 32.7 Å². The minimum absolute atomic E-state index is 0.0199. The molecular formula is C26H20N2OS. The topological polar surface area (TPSA) is 42.0 Å². The molecule has 0 unspecified atom stereocenters. The molecule has 4 aromatic carbocycles. The second-order valence-electron chi connectivity index (χ2n) is 7.47. The minimum atomic E-state index is -0.0199. The number of carbonyl (C=O) groups is 1. The number of rotatable bonds is 4. The molecule has 0 radical (unpaired) electrons. The van der Waals surface area contributed by atoms with Gasteiger partial charge < -0.3 is 5.32 Å². The lowest BCUT2D eigenvalue weighted by atomic mass is 10.0. The van der Waals surface area contributed by atoms with Crippen LogP contribution < -0.4 is 5.32 Å². The molecule has 0 atom stereocenters. The van der Waals surface area contributed by atoms with Crippen molar-refractivity contribution in [3.05, 3.63) is 96.1 Å². The zero-order chi connectivity index (χ0) is 20.5. The van der Waals surface area contributed by atoms with Gasteiger partial charge in [0.15, 0.2) is 0 Å². The number of hydrogen-bond acceptors (Lipinski definition) is 3. The molecule has 1 aromatic heterocycles. The van der Waals surface area contributed by atoms with Crippen molar-refractivity contribution in [1.29, 1.82) is 0 Å². The van der Waals surface area contributed by atoms with Crippen molar-refractivity contribution in [2.24, 2.45) is 0 Å². The molecule has 0 saturated heterocycles. The van der Waals surface area contributed by atoms with Gasteiger partial charge >= 0.3 is 0 Å². The summed E-state index contributed by atoms with van der Waals surface area (Å²) in [6, 6.07) is 28.5. The van der Waals surface area contributed by atoms with Crippen LogP contribution in [0.4, 0.5) is 5.69 Å². The molecule has 30 heavy (non-hydrogen) atoms. The van der Waals surface area contributed by atoms with Crippen LogP contribution in [0, 0.1) is 6.92 Å². The van der Waals surface area contributed by atoms with Crippen molar-refractivity contribution in [2.75, 3.05) is 5.32 Å². The van der Waals surface area contributed by atoms with Crippen molar-refractivity contribution in [3.8, 4) is 10.6 Å². The summed E-state index contributed by atoms with van der Waals surface area (Å²) in [7, 11) is 0. The Morgan fingerprint density at radius 3 is 2.53 bits per heavy atom. The van der Waals surface area contributed by atoms with Crippen LogP contribution in [0.25, 0.3) is 31.6 Å². The smallest absolute Gasteiger partial charge is 0.228 e. The Hall–Kier alpha value is -3.50. The lowest BCUT2D eigenvalue weighted by Crippen LogP contribution is -2.14. The van der Waals surface area contributed by atoms with Gasteiger partial charge in [-0.05, 0) is 65.2 Å². The van der Waals surface area contributed by atoms with E-state index in [1.54, 1.807) is 11.3 Å². The van der Waals surface area contributed by atoms with Gasteiger partial charge in [-0.2, -0.15) is 0 Å². The number of hydrogen-bond donors (Lipinski definition) is 1. The van der Waals surface area contributed by atoms with Crippen molar-refractivity contribution < 1.29 is 4.79 Å². The van der Waals surface area contributed by atoms with Gasteiger partial charge in [0, 0.05) is 11.3 Å². The molecule has 1 N–H and O–H groups in total. The summed E-state index contributed by atoms with van der Waals surface area (Å²) in [4.78, 5) is 17.2. The molecule has 3 nitrogen and oxygen atoms in total. The number of thiazole rings is 1. The molecule has 0 spiro atoms. The van der Waals surface area contributed by atoms with Crippen molar-refractivity contribution in [1.82, 2.24) is 4.98 Å². The van der Waals surface area contributed by atoms with Crippen LogP contribution in [0.2, 0.25) is 0 Å². The van der Waals surface area contributed by atoms with E-state index in [1.165, 1.54) is 15.6 Å². The Balaban J connectivity index is 1.29. The first-order valence-electron chi connectivity index (χ1n) is 9.89. The van der Waals surface area contributed by atoms with E-state index in [4.69, 9.17) is 4.98 Å². The second kappa shape index (κ2) is 7.73. The first kappa shape index (κ1) is 18.5. The molecule has 0 aliphatic carbocycles. The summed E-state index contributed by atoms with van der Waals surface area (Å²) in [5, 5.41) is 6.32. The molecule has 1 amide bonds. The average Bonchev–Trinajstić information content (AvgIpc) is 3.17. The van der Waals surface area contributed by atoms with Gasteiger partial charge in [-0.25, -0.2) is 4.98 Å². The quantitative estimate of drug-likeness (QED) is 0.364. The molecule has 5 rings (SSSR count). The van der Waals surface area contributed by atoms with Crippen LogP contribution in [0.15, 0.2) is 84.9 Å². The Kier molecular flexibility index (Phi) is 4.77. The van der Waals surface area contributed by atoms with Crippen molar-refractivity contribution >= 4 is 43.9 Å². The Labute approximate surface area is 179 Å². The van der Waals surface area contributed by atoms with E-state index in [0.29, 0.717) is 6.42 Å². The van der Waals surface area contributed by atoms with Crippen LogP contribution in [-0.2, 0) is 11.2 Å². The maximum Gasteiger partial charge on any atom is 0.228 e. The first-order valence-corrected chi connectivity index (χ1v) is 10.7. The number of fused-ring (bicyclic) bond motifs is 2. The highest BCUT2D eigenvalue weighted by molar-refractivity contribution is 7.21. The van der Waals surface area contributed by atoms with Crippen LogP contribution in [0.3, 0.4) is 0 Å². The highest BCUT2D eigenvalue weighted by atomic mass is 32.1. The van der Waals surface area contributed by atoms with Gasteiger partial charge in [0.2, 0.25) is 5.91 Å². The predicted molar refractivity (Wildman–Crippen MR) is 126 cm³/mol. The number of amides is 1. The molecule has 1 heterocycles. The normalized spacial score (nSPS) is 11.1. The third-order valence-corrected chi connectivity index (χ3v) is 6.21. The molecule has 0 bridgehead atoms. The van der Waals surface area contributed by atoms with E-state index in [1.807, 2.05) is 42.5 Å². The average molecular weight is 409 g/mol. The van der Waals surface area contributed by atoms with E-state index >= 15 is 0 Å². The number of anilines is 1. The number of benzene rings is 4. The fourth-order valence-electron chi connectivity index (χ4n) is 3.59. The lowest BCUT2D eigenvalue weighted by Gasteiger charge is -2.07. The minimum Gasteiger partial charge on any atom is -0.326 e. The maximum absolute atomic E-state index is 12.5. The fourth-order valence-corrected chi connectivity index (χ4v) is 4.66. The molecule has 4 heteroatoms. The van der Waals surface area contributed by atoms with E-state index in [2.05, 4.69) is 54.7 Å². The van der Waals surface area contributed by atoms with Crippen LogP contribution in [0.5, 0.6) is 0 Å². The Bertz CT molecular complexity index is 1370. The van der Waals surface area contributed by atoms with E-state index in [-0.39, 0.29) is 5.91 Å². The van der Waals surface area contributed by atoms with Crippen molar-refractivity contribution in [2.45, 2.75) is 13.3 Å². The van der Waals surface area contributed by atoms with Crippen LogP contribution >= 0.6 is 11.3 Å². The van der Waals surface area contributed by atoms with E-state index < -0.39 is 0 Å². The molecule has 0 aliphatic heterocycles. The third-order valence-electron chi connectivity index (χ3n) is 5.14. The maximum atomic E-state index is 12.5. The second-order valence-corrected chi connectivity index (χ2v) is 8.50. The van der Waals surface area contributed by atoms with Gasteiger partial charge in [-0.15, -0.1) is 11.3 Å². The molecule has 0 fully saturated rings. The lowest BCUT2D eigenvalue weighted by molar-refractivity contribution is -0.115. The fraction of sp³-hybridized carbons (Fsp3) is 0.0769. The summed E-state index contributed by atoms with van der Waals surface area (Å²) in [5.74, 6) is -0.0199. The molecule has 146 valence electrons. The molecule has 0 saturated carbocycles. The Morgan fingerprint density at radius 2 is 1.70 bits per heavy atom. The van der Waals surface area contributed by atoms with E-state index in [9.17, 15) is 4.79 Å². The number of nitrogens with zero attached hydrogens (tertiary/aromatic N) is 1. The number of carbonyl (C=O) groups excluding carboxylic acids is 1. The molecular weight excluding hydrogens is 388 g/mol. The standard InChI is InChI=1S/C26H20N2OS/c1-17-6-13-23-24(14-17)30-26(28-23)20-9-11-22(12-10-20)27-25(29)16-18-7-8-19-4-2-3-5-21(19)15-18/h2-15H,16H2,1H3,(H,27,29). The predicted octanol–water partition coefficient (Wildman–Crippen LogP) is 6.61. The number of aryl methyl sites for hydroxylation is 1. The van der Waals surface area contributed by atoms with Gasteiger partial charge in [0.25, 0.3) is 0 Å². The summed E-state index contributed by atoms with van der Waals surface area (Å²) < 4.78 is 1.19. The largest absolute Gasteiger partial charge is 0.326 e. The zero-order valence-electron chi connectivity index (χ0n) is 16.6. The summed E-state index contributed by atoms with van der Waals surface area (Å²) >= 11 is 1.69. The zero-order valence-corrected chi connectivity index (χ0v) is 17.4. The van der Waals surface area contributed by atoms with Gasteiger partial charge in [0.05, 0.1) is 16.6 Å². The summed E-state index contributed by atoms with van der Waals surface area (Å²) in [5.41, 5.74) is 5.12. The molecule has 0 aliphatic rings. The Morgan fingerprint density at radius 1 is 0.900 bits per heavy atom. The number of aromatic nitrogens is 1. The first-order chi connectivity index (χ1) is 14.6. The highest BCUT2D eigenvalue weighted by Crippen LogP contribution is 2.31. The van der Waals surface area contributed by atoms with Gasteiger partial charge in [-0.3, -0.25) is 4.79 Å². The third kappa shape index (κ3) is 3.82. The highest BCUT2D eigenvalue weighted by Gasteiger charge is 2.08. The van der Waals surface area contributed by atoms with Gasteiger partial charge in [-0.1, -0.05) is 48.5 Å². The SMILES string of the molecule is Cc1ccc2nc(-c3ccc(NC(=O)Cc4ccc5ccccc5c4)cc3)sc2c1.